The fraction of sp³-hybridized carbons (Fsp3) is 0.353. The van der Waals surface area contributed by atoms with Gasteiger partial charge in [0.15, 0.2) is 5.78 Å². The first-order valence-electron chi connectivity index (χ1n) is 6.71. The third-order valence-corrected chi connectivity index (χ3v) is 3.81. The summed E-state index contributed by atoms with van der Waals surface area (Å²) < 4.78 is 0. The van der Waals surface area contributed by atoms with Crippen LogP contribution >= 0.6 is 11.6 Å². The van der Waals surface area contributed by atoms with Gasteiger partial charge in [-0.25, -0.2) is 0 Å². The van der Waals surface area contributed by atoms with Crippen LogP contribution in [0.25, 0.3) is 6.08 Å². The van der Waals surface area contributed by atoms with Gasteiger partial charge in [0.05, 0.1) is 0 Å². The van der Waals surface area contributed by atoms with Crippen LogP contribution in [0.2, 0.25) is 5.02 Å². The molecular weight excluding hydrogens is 256 g/mol. The molecule has 0 aromatic heterocycles. The van der Waals surface area contributed by atoms with Gasteiger partial charge in [-0.05, 0) is 47.6 Å². The molecule has 0 radical (unpaired) electrons. The molecule has 0 heterocycles. The van der Waals surface area contributed by atoms with Gasteiger partial charge in [-0.1, -0.05) is 50.6 Å². The van der Waals surface area contributed by atoms with E-state index < -0.39 is 0 Å². The van der Waals surface area contributed by atoms with Crippen molar-refractivity contribution in [1.82, 2.24) is 0 Å². The first kappa shape index (κ1) is 14.1. The number of halogens is 1. The lowest BCUT2D eigenvalue weighted by Crippen LogP contribution is -2.20. The quantitative estimate of drug-likeness (QED) is 0.700. The van der Waals surface area contributed by atoms with Crippen LogP contribution in [0.1, 0.15) is 32.8 Å². The number of hydrogen-bond donors (Lipinski definition) is 0. The van der Waals surface area contributed by atoms with Gasteiger partial charge in [0.1, 0.15) is 0 Å². The normalized spacial score (nSPS) is 21.9. The smallest absolute Gasteiger partial charge is 0.185 e. The third-order valence-electron chi connectivity index (χ3n) is 3.56. The molecule has 0 fully saturated rings. The lowest BCUT2D eigenvalue weighted by molar-refractivity contribution is -0.113. The van der Waals surface area contributed by atoms with E-state index in [9.17, 15) is 4.79 Å². The summed E-state index contributed by atoms with van der Waals surface area (Å²) in [7, 11) is 0. The second-order valence-electron chi connectivity index (χ2n) is 5.43. The maximum atomic E-state index is 12.5. The topological polar surface area (TPSA) is 17.1 Å². The Kier molecular flexibility index (Phi) is 4.26. The van der Waals surface area contributed by atoms with E-state index in [1.807, 2.05) is 30.3 Å². The summed E-state index contributed by atoms with van der Waals surface area (Å²) in [6.07, 6.45) is 5.04. The summed E-state index contributed by atoms with van der Waals surface area (Å²) in [5.74, 6) is 0.767. The monoisotopic (exact) mass is 274 g/mol. The summed E-state index contributed by atoms with van der Waals surface area (Å²) in [5.41, 5.74) is 2.89. The van der Waals surface area contributed by atoms with Gasteiger partial charge < -0.3 is 0 Å². The summed E-state index contributed by atoms with van der Waals surface area (Å²) in [6.45, 7) is 6.24. The number of allylic oxidation sites excluding steroid dienone is 3. The first-order chi connectivity index (χ1) is 8.99. The fourth-order valence-electron chi connectivity index (χ4n) is 2.36. The van der Waals surface area contributed by atoms with Crippen LogP contribution in [-0.2, 0) is 4.79 Å². The van der Waals surface area contributed by atoms with Gasteiger partial charge in [0.25, 0.3) is 0 Å². The van der Waals surface area contributed by atoms with Crippen LogP contribution < -0.4 is 0 Å². The number of ketones is 1. The lowest BCUT2D eigenvalue weighted by Gasteiger charge is -2.23. The van der Waals surface area contributed by atoms with E-state index in [-0.39, 0.29) is 17.6 Å². The van der Waals surface area contributed by atoms with E-state index in [1.54, 1.807) is 0 Å². The standard InChI is InChI=1S/C17H19ClO/c1-11(2)15-9-4-12(3)16(17(15)19)10-13-5-7-14(18)8-6-13/h5-12H,4H2,1-3H3. The van der Waals surface area contributed by atoms with Gasteiger partial charge in [-0.15, -0.1) is 0 Å². The van der Waals surface area contributed by atoms with Gasteiger partial charge in [0.2, 0.25) is 0 Å². The van der Waals surface area contributed by atoms with Crippen molar-refractivity contribution in [3.05, 3.63) is 52.1 Å². The number of benzene rings is 1. The highest BCUT2D eigenvalue weighted by atomic mass is 35.5. The molecule has 2 heteroatoms. The molecule has 0 saturated heterocycles. The minimum atomic E-state index is 0.198. The molecule has 0 N–H and O–H groups in total. The number of hydrogen-bond acceptors (Lipinski definition) is 1. The van der Waals surface area contributed by atoms with E-state index in [0.717, 1.165) is 23.1 Å². The first-order valence-corrected chi connectivity index (χ1v) is 7.08. The molecular formula is C17H19ClO. The molecule has 1 aliphatic carbocycles. The van der Waals surface area contributed by atoms with Crippen molar-refractivity contribution >= 4 is 23.5 Å². The van der Waals surface area contributed by atoms with Gasteiger partial charge in [0, 0.05) is 10.6 Å². The molecule has 1 aromatic rings. The molecule has 100 valence electrons. The molecule has 0 amide bonds. The van der Waals surface area contributed by atoms with Crippen LogP contribution in [0.3, 0.4) is 0 Å². The minimum absolute atomic E-state index is 0.198. The van der Waals surface area contributed by atoms with E-state index in [2.05, 4.69) is 26.8 Å². The number of carbonyl (C=O) groups is 1. The zero-order valence-electron chi connectivity index (χ0n) is 11.6. The fourth-order valence-corrected chi connectivity index (χ4v) is 2.48. The van der Waals surface area contributed by atoms with Crippen LogP contribution in [0.15, 0.2) is 41.5 Å². The Hall–Kier alpha value is -1.34. The maximum Gasteiger partial charge on any atom is 0.185 e. The molecule has 19 heavy (non-hydrogen) atoms. The highest BCUT2D eigenvalue weighted by Crippen LogP contribution is 2.31. The Bertz CT molecular complexity index is 535. The maximum absolute atomic E-state index is 12.5. The molecule has 0 spiro atoms. The molecule has 1 aliphatic rings. The zero-order chi connectivity index (χ0) is 14.0. The van der Waals surface area contributed by atoms with Crippen molar-refractivity contribution in [2.45, 2.75) is 27.2 Å². The Balaban J connectivity index is 2.35. The predicted octanol–water partition coefficient (Wildman–Crippen LogP) is 4.91. The average Bonchev–Trinajstić information content (AvgIpc) is 2.36. The minimum Gasteiger partial charge on any atom is -0.289 e. The largest absolute Gasteiger partial charge is 0.289 e. The van der Waals surface area contributed by atoms with Crippen LogP contribution in [0, 0.1) is 11.8 Å². The van der Waals surface area contributed by atoms with Crippen molar-refractivity contribution in [2.75, 3.05) is 0 Å². The van der Waals surface area contributed by atoms with Crippen molar-refractivity contribution in [1.29, 1.82) is 0 Å². The second kappa shape index (κ2) is 5.75. The van der Waals surface area contributed by atoms with Crippen molar-refractivity contribution in [3.63, 3.8) is 0 Å². The number of rotatable bonds is 2. The van der Waals surface area contributed by atoms with E-state index in [0.29, 0.717) is 5.02 Å². The summed E-state index contributed by atoms with van der Waals surface area (Å²) in [4.78, 5) is 12.5. The van der Waals surface area contributed by atoms with Gasteiger partial charge in [-0.3, -0.25) is 4.79 Å². The van der Waals surface area contributed by atoms with Crippen molar-refractivity contribution < 1.29 is 4.79 Å². The Morgan fingerprint density at radius 3 is 2.47 bits per heavy atom. The van der Waals surface area contributed by atoms with E-state index in [1.165, 1.54) is 0 Å². The third kappa shape index (κ3) is 3.16. The van der Waals surface area contributed by atoms with Gasteiger partial charge >= 0.3 is 0 Å². The van der Waals surface area contributed by atoms with E-state index in [4.69, 9.17) is 11.6 Å². The number of Topliss-reactive ketones (excluding diaryl/α,β-unsaturated/α-hetero) is 1. The molecule has 1 atom stereocenters. The lowest BCUT2D eigenvalue weighted by atomic mass is 9.80. The van der Waals surface area contributed by atoms with Crippen LogP contribution in [0.4, 0.5) is 0 Å². The highest BCUT2D eigenvalue weighted by Gasteiger charge is 2.26. The predicted molar refractivity (Wildman–Crippen MR) is 81.1 cm³/mol. The van der Waals surface area contributed by atoms with Crippen molar-refractivity contribution in [3.8, 4) is 0 Å². The highest BCUT2D eigenvalue weighted by molar-refractivity contribution is 6.30. The van der Waals surface area contributed by atoms with Crippen LogP contribution in [0.5, 0.6) is 0 Å². The molecule has 2 rings (SSSR count). The molecule has 1 nitrogen and oxygen atoms in total. The van der Waals surface area contributed by atoms with Crippen LogP contribution in [-0.4, -0.2) is 5.78 Å². The Morgan fingerprint density at radius 2 is 1.89 bits per heavy atom. The van der Waals surface area contributed by atoms with Gasteiger partial charge in [-0.2, -0.15) is 0 Å². The zero-order valence-corrected chi connectivity index (χ0v) is 12.4. The molecule has 1 aromatic carbocycles. The summed E-state index contributed by atoms with van der Waals surface area (Å²) in [5, 5.41) is 0.716. The summed E-state index contributed by atoms with van der Waals surface area (Å²) >= 11 is 5.88. The van der Waals surface area contributed by atoms with Crippen molar-refractivity contribution in [2.24, 2.45) is 11.8 Å². The SMILES string of the molecule is CC(C)C1=CCC(C)C(=Cc2ccc(Cl)cc2)C1=O. The molecule has 0 bridgehead atoms. The summed E-state index contributed by atoms with van der Waals surface area (Å²) in [6, 6.07) is 7.60. The Labute approximate surface area is 120 Å². The number of carbonyl (C=O) groups excluding carboxylic acids is 1. The van der Waals surface area contributed by atoms with E-state index >= 15 is 0 Å². The Morgan fingerprint density at radius 1 is 1.26 bits per heavy atom. The molecule has 0 aliphatic heterocycles. The average molecular weight is 275 g/mol. The molecule has 0 saturated carbocycles. The second-order valence-corrected chi connectivity index (χ2v) is 5.87. The molecule has 1 unspecified atom stereocenters.